The Labute approximate surface area is 129 Å². The standard InChI is InChI=1S/C18H30N2O/c1-6-19-17(16-13-14(2)7-8-15(16)3)18(4,5)20-9-11-21-12-10-20/h7-8,13,17,19H,6,9-12H2,1-5H3. The molecule has 0 aromatic heterocycles. The molecule has 1 saturated heterocycles. The maximum absolute atomic E-state index is 5.52. The lowest BCUT2D eigenvalue weighted by Crippen LogP contribution is -2.56. The molecule has 0 saturated carbocycles. The summed E-state index contributed by atoms with van der Waals surface area (Å²) in [5.41, 5.74) is 4.19. The Morgan fingerprint density at radius 2 is 1.90 bits per heavy atom. The number of aryl methyl sites for hydroxylation is 2. The van der Waals surface area contributed by atoms with E-state index >= 15 is 0 Å². The fourth-order valence-corrected chi connectivity index (χ4v) is 3.34. The number of hydrogen-bond acceptors (Lipinski definition) is 3. The van der Waals surface area contributed by atoms with E-state index in [2.05, 4.69) is 63.0 Å². The van der Waals surface area contributed by atoms with Crippen LogP contribution in [0.3, 0.4) is 0 Å². The molecule has 1 N–H and O–H groups in total. The molecule has 0 spiro atoms. The third kappa shape index (κ3) is 3.65. The highest BCUT2D eigenvalue weighted by Gasteiger charge is 2.37. The zero-order chi connectivity index (χ0) is 15.5. The molecule has 0 radical (unpaired) electrons. The molecule has 1 aromatic rings. The van der Waals surface area contributed by atoms with Crippen molar-refractivity contribution in [1.29, 1.82) is 0 Å². The zero-order valence-electron chi connectivity index (χ0n) is 14.2. The second-order valence-corrected chi connectivity index (χ2v) is 6.60. The van der Waals surface area contributed by atoms with Crippen LogP contribution < -0.4 is 5.32 Å². The first-order valence-electron chi connectivity index (χ1n) is 8.10. The second kappa shape index (κ2) is 6.91. The van der Waals surface area contributed by atoms with Crippen LogP contribution in [0.5, 0.6) is 0 Å². The maximum Gasteiger partial charge on any atom is 0.0594 e. The molecule has 0 aliphatic carbocycles. The largest absolute Gasteiger partial charge is 0.379 e. The number of nitrogens with zero attached hydrogens (tertiary/aromatic N) is 1. The number of hydrogen-bond donors (Lipinski definition) is 1. The molecule has 1 fully saturated rings. The van der Waals surface area contributed by atoms with Gasteiger partial charge in [-0.3, -0.25) is 4.90 Å². The highest BCUT2D eigenvalue weighted by molar-refractivity contribution is 5.35. The van der Waals surface area contributed by atoms with Gasteiger partial charge in [-0.15, -0.1) is 0 Å². The summed E-state index contributed by atoms with van der Waals surface area (Å²) in [5, 5.41) is 3.72. The Morgan fingerprint density at radius 3 is 2.52 bits per heavy atom. The average molecular weight is 290 g/mol. The van der Waals surface area contributed by atoms with Crippen LogP contribution in [0.4, 0.5) is 0 Å². The molecule has 3 nitrogen and oxygen atoms in total. The second-order valence-electron chi connectivity index (χ2n) is 6.60. The predicted octanol–water partition coefficient (Wildman–Crippen LogP) is 3.06. The van der Waals surface area contributed by atoms with E-state index < -0.39 is 0 Å². The summed E-state index contributed by atoms with van der Waals surface area (Å²) in [4.78, 5) is 2.56. The summed E-state index contributed by atoms with van der Waals surface area (Å²) in [6, 6.07) is 7.11. The molecule has 3 heteroatoms. The summed E-state index contributed by atoms with van der Waals surface area (Å²) < 4.78 is 5.52. The summed E-state index contributed by atoms with van der Waals surface area (Å²) in [6.07, 6.45) is 0. The molecular formula is C18H30N2O. The number of likely N-dealkylation sites (N-methyl/N-ethyl adjacent to an activating group) is 1. The van der Waals surface area contributed by atoms with E-state index in [-0.39, 0.29) is 5.54 Å². The van der Waals surface area contributed by atoms with Gasteiger partial charge >= 0.3 is 0 Å². The van der Waals surface area contributed by atoms with Crippen LogP contribution >= 0.6 is 0 Å². The van der Waals surface area contributed by atoms with Crippen LogP contribution in [0.2, 0.25) is 0 Å². The molecule has 1 unspecified atom stereocenters. The number of ether oxygens (including phenoxy) is 1. The van der Waals surface area contributed by atoms with Crippen LogP contribution in [0.15, 0.2) is 18.2 Å². The lowest BCUT2D eigenvalue weighted by atomic mass is 9.84. The van der Waals surface area contributed by atoms with Gasteiger partial charge in [0.25, 0.3) is 0 Å². The van der Waals surface area contributed by atoms with E-state index in [4.69, 9.17) is 4.74 Å². The molecule has 2 rings (SSSR count). The summed E-state index contributed by atoms with van der Waals surface area (Å²) >= 11 is 0. The molecule has 118 valence electrons. The summed E-state index contributed by atoms with van der Waals surface area (Å²) in [6.45, 7) is 16.0. The van der Waals surface area contributed by atoms with Gasteiger partial charge in [-0.25, -0.2) is 0 Å². The van der Waals surface area contributed by atoms with Crippen molar-refractivity contribution in [2.45, 2.75) is 46.2 Å². The smallest absolute Gasteiger partial charge is 0.0594 e. The van der Waals surface area contributed by atoms with E-state index in [1.165, 1.54) is 16.7 Å². The van der Waals surface area contributed by atoms with Crippen LogP contribution in [-0.2, 0) is 4.74 Å². The minimum Gasteiger partial charge on any atom is -0.379 e. The number of rotatable bonds is 5. The normalized spacial score (nSPS) is 18.7. The first kappa shape index (κ1) is 16.5. The SMILES string of the molecule is CCNC(c1cc(C)ccc1C)C(C)(C)N1CCOCC1. The molecule has 1 atom stereocenters. The molecule has 1 heterocycles. The van der Waals surface area contributed by atoms with Crippen molar-refractivity contribution in [2.24, 2.45) is 0 Å². The third-order valence-electron chi connectivity index (χ3n) is 4.69. The van der Waals surface area contributed by atoms with E-state index in [1.807, 2.05) is 0 Å². The van der Waals surface area contributed by atoms with Crippen molar-refractivity contribution in [3.05, 3.63) is 34.9 Å². The fraction of sp³-hybridized carbons (Fsp3) is 0.667. The molecule has 1 aliphatic rings. The Hall–Kier alpha value is -0.900. The molecule has 0 amide bonds. The molecular weight excluding hydrogens is 260 g/mol. The van der Waals surface area contributed by atoms with E-state index in [0.29, 0.717) is 6.04 Å². The first-order chi connectivity index (χ1) is 9.96. The van der Waals surface area contributed by atoms with Crippen molar-refractivity contribution in [3.63, 3.8) is 0 Å². The zero-order valence-corrected chi connectivity index (χ0v) is 14.2. The molecule has 1 aromatic carbocycles. The van der Waals surface area contributed by atoms with Gasteiger partial charge in [-0.05, 0) is 45.4 Å². The quantitative estimate of drug-likeness (QED) is 0.902. The van der Waals surface area contributed by atoms with Gasteiger partial charge in [0.2, 0.25) is 0 Å². The van der Waals surface area contributed by atoms with Gasteiger partial charge in [0.1, 0.15) is 0 Å². The fourth-order valence-electron chi connectivity index (χ4n) is 3.34. The topological polar surface area (TPSA) is 24.5 Å². The predicted molar refractivity (Wildman–Crippen MR) is 88.8 cm³/mol. The third-order valence-corrected chi connectivity index (χ3v) is 4.69. The van der Waals surface area contributed by atoms with E-state index in [0.717, 1.165) is 32.8 Å². The lowest BCUT2D eigenvalue weighted by molar-refractivity contribution is -0.0237. The highest BCUT2D eigenvalue weighted by Crippen LogP contribution is 2.33. The van der Waals surface area contributed by atoms with Crippen molar-refractivity contribution >= 4 is 0 Å². The number of morpholine rings is 1. The van der Waals surface area contributed by atoms with Crippen LogP contribution in [0.25, 0.3) is 0 Å². The van der Waals surface area contributed by atoms with Gasteiger partial charge < -0.3 is 10.1 Å². The Morgan fingerprint density at radius 1 is 1.24 bits per heavy atom. The molecule has 1 aliphatic heterocycles. The van der Waals surface area contributed by atoms with Gasteiger partial charge in [0.05, 0.1) is 19.3 Å². The van der Waals surface area contributed by atoms with Crippen LogP contribution in [0, 0.1) is 13.8 Å². The van der Waals surface area contributed by atoms with Crippen molar-refractivity contribution < 1.29 is 4.74 Å². The van der Waals surface area contributed by atoms with Gasteiger partial charge in [-0.1, -0.05) is 30.7 Å². The summed E-state index contributed by atoms with van der Waals surface area (Å²) in [5.74, 6) is 0. The van der Waals surface area contributed by atoms with Crippen molar-refractivity contribution in [2.75, 3.05) is 32.8 Å². The van der Waals surface area contributed by atoms with Gasteiger partial charge in [0, 0.05) is 18.6 Å². The maximum atomic E-state index is 5.52. The Kier molecular flexibility index (Phi) is 5.42. The molecule has 0 bridgehead atoms. The minimum atomic E-state index is 0.0678. The van der Waals surface area contributed by atoms with E-state index in [9.17, 15) is 0 Å². The minimum absolute atomic E-state index is 0.0678. The van der Waals surface area contributed by atoms with Crippen molar-refractivity contribution in [3.8, 4) is 0 Å². The number of nitrogens with one attached hydrogen (secondary N) is 1. The Bertz CT molecular complexity index is 464. The van der Waals surface area contributed by atoms with Crippen molar-refractivity contribution in [1.82, 2.24) is 10.2 Å². The van der Waals surface area contributed by atoms with Crippen LogP contribution in [0.1, 0.15) is 43.5 Å². The highest BCUT2D eigenvalue weighted by atomic mass is 16.5. The number of benzene rings is 1. The van der Waals surface area contributed by atoms with Gasteiger partial charge in [0.15, 0.2) is 0 Å². The van der Waals surface area contributed by atoms with Crippen LogP contribution in [-0.4, -0.2) is 43.3 Å². The Balaban J connectivity index is 2.34. The monoisotopic (exact) mass is 290 g/mol. The first-order valence-corrected chi connectivity index (χ1v) is 8.10. The van der Waals surface area contributed by atoms with Gasteiger partial charge in [-0.2, -0.15) is 0 Å². The summed E-state index contributed by atoms with van der Waals surface area (Å²) in [7, 11) is 0. The molecule has 21 heavy (non-hydrogen) atoms. The van der Waals surface area contributed by atoms with E-state index in [1.54, 1.807) is 0 Å². The average Bonchev–Trinajstić information content (AvgIpc) is 2.48. The lowest BCUT2D eigenvalue weighted by Gasteiger charge is -2.46.